The molecule has 1 aromatic rings. The first-order valence-electron chi connectivity index (χ1n) is 7.67. The fraction of sp³-hybridized carbons (Fsp3) is 0.471. The number of nitrogens with one attached hydrogen (secondary N) is 2. The third-order valence-electron chi connectivity index (χ3n) is 3.04. The Morgan fingerprint density at radius 1 is 1.05 bits per heavy atom. The Morgan fingerprint density at radius 2 is 1.50 bits per heavy atom. The molecule has 118 valence electrons. The lowest BCUT2D eigenvalue weighted by Gasteiger charge is -2.09. The molecule has 1 aromatic heterocycles. The molecule has 1 heterocycles. The number of hydrogen-bond donors (Lipinski definition) is 2. The summed E-state index contributed by atoms with van der Waals surface area (Å²) in [5.41, 5.74) is 0.562. The van der Waals surface area contributed by atoms with Crippen LogP contribution < -0.4 is 10.6 Å². The monoisotopic (exact) mass is 301 g/mol. The number of rotatable bonds is 8. The largest absolute Gasteiger partial charge is 0.311 e. The molecule has 0 aromatic carbocycles. The van der Waals surface area contributed by atoms with E-state index >= 15 is 0 Å². The van der Waals surface area contributed by atoms with Crippen molar-refractivity contribution in [2.24, 2.45) is 0 Å². The number of amides is 2. The van der Waals surface area contributed by atoms with Gasteiger partial charge in [0.2, 0.25) is 11.8 Å². The average Bonchev–Trinajstić information content (AvgIpc) is 2.50. The number of unbranched alkanes of at least 4 members (excludes halogenated alkanes) is 2. The van der Waals surface area contributed by atoms with Gasteiger partial charge in [-0.05, 0) is 25.0 Å². The van der Waals surface area contributed by atoms with Gasteiger partial charge in [0.15, 0.2) is 0 Å². The molecule has 5 nitrogen and oxygen atoms in total. The minimum atomic E-state index is -0.105. The molecule has 0 saturated carbocycles. The van der Waals surface area contributed by atoms with Gasteiger partial charge in [0.05, 0.1) is 0 Å². The molecule has 5 heteroatoms. The molecule has 2 amide bonds. The quantitative estimate of drug-likeness (QED) is 0.724. The SMILES string of the molecule is C#Cc1cc(NC(=O)CCCC)nc(NC(=O)CCCC)c1. The third kappa shape index (κ3) is 6.40. The van der Waals surface area contributed by atoms with E-state index in [1.807, 2.05) is 13.8 Å². The second kappa shape index (κ2) is 9.56. The van der Waals surface area contributed by atoms with Crippen molar-refractivity contribution in [2.45, 2.75) is 52.4 Å². The molecule has 0 aliphatic rings. The van der Waals surface area contributed by atoms with Gasteiger partial charge >= 0.3 is 0 Å². The zero-order valence-corrected chi connectivity index (χ0v) is 13.2. The van der Waals surface area contributed by atoms with Crippen LogP contribution in [0.3, 0.4) is 0 Å². The Hall–Kier alpha value is -2.35. The number of hydrogen-bond acceptors (Lipinski definition) is 3. The standard InChI is InChI=1S/C17H23N3O2/c1-4-7-9-16(21)19-14-11-13(6-3)12-15(18-14)20-17(22)10-8-5-2/h3,11-12H,4-5,7-10H2,1-2H3,(H2,18,19,20,21,22). The van der Waals surface area contributed by atoms with Crippen molar-refractivity contribution < 1.29 is 9.59 Å². The molecule has 0 radical (unpaired) electrons. The Morgan fingerprint density at radius 3 is 1.86 bits per heavy atom. The Kier molecular flexibility index (Phi) is 7.69. The second-order valence-electron chi connectivity index (χ2n) is 5.07. The molecule has 0 saturated heterocycles. The molecule has 0 bridgehead atoms. The van der Waals surface area contributed by atoms with Crippen LogP contribution in [0.4, 0.5) is 11.6 Å². The summed E-state index contributed by atoms with van der Waals surface area (Å²) in [4.78, 5) is 27.7. The van der Waals surface area contributed by atoms with E-state index in [1.165, 1.54) is 0 Å². The maximum absolute atomic E-state index is 11.8. The van der Waals surface area contributed by atoms with Gasteiger partial charge in [-0.25, -0.2) is 4.98 Å². The van der Waals surface area contributed by atoms with Gasteiger partial charge in [0.1, 0.15) is 11.6 Å². The van der Waals surface area contributed by atoms with E-state index < -0.39 is 0 Å². The van der Waals surface area contributed by atoms with E-state index in [0.29, 0.717) is 30.0 Å². The fourth-order valence-corrected chi connectivity index (χ4v) is 1.83. The van der Waals surface area contributed by atoms with Crippen molar-refractivity contribution in [1.82, 2.24) is 4.98 Å². The Bertz CT molecular complexity index is 521. The number of pyridine rings is 1. The molecular weight excluding hydrogens is 278 g/mol. The first-order chi connectivity index (χ1) is 10.6. The number of anilines is 2. The van der Waals surface area contributed by atoms with E-state index in [9.17, 15) is 9.59 Å². The summed E-state index contributed by atoms with van der Waals surface area (Å²) < 4.78 is 0. The number of nitrogens with zero attached hydrogens (tertiary/aromatic N) is 1. The number of carbonyl (C=O) groups is 2. The molecule has 0 aliphatic heterocycles. The van der Waals surface area contributed by atoms with Gasteiger partial charge in [0, 0.05) is 18.4 Å². The average molecular weight is 301 g/mol. The smallest absolute Gasteiger partial charge is 0.225 e. The van der Waals surface area contributed by atoms with E-state index in [-0.39, 0.29) is 11.8 Å². The minimum Gasteiger partial charge on any atom is -0.311 e. The fourth-order valence-electron chi connectivity index (χ4n) is 1.83. The summed E-state index contributed by atoms with van der Waals surface area (Å²) in [6, 6.07) is 3.23. The summed E-state index contributed by atoms with van der Waals surface area (Å²) in [5, 5.41) is 5.42. The van der Waals surface area contributed by atoms with Crippen LogP contribution in [0.15, 0.2) is 12.1 Å². The number of terminal acetylenes is 1. The summed E-state index contributed by atoms with van der Waals surface area (Å²) in [5.74, 6) is 3.01. The summed E-state index contributed by atoms with van der Waals surface area (Å²) >= 11 is 0. The summed E-state index contributed by atoms with van der Waals surface area (Å²) in [6.45, 7) is 4.04. The highest BCUT2D eigenvalue weighted by Gasteiger charge is 2.08. The van der Waals surface area contributed by atoms with Gasteiger partial charge < -0.3 is 10.6 Å². The second-order valence-corrected chi connectivity index (χ2v) is 5.07. The van der Waals surface area contributed by atoms with Crippen LogP contribution in [0.5, 0.6) is 0 Å². The lowest BCUT2D eigenvalue weighted by atomic mass is 10.2. The highest BCUT2D eigenvalue weighted by atomic mass is 16.2. The molecule has 0 atom stereocenters. The van der Waals surface area contributed by atoms with Crippen molar-refractivity contribution in [3.05, 3.63) is 17.7 Å². The first-order valence-corrected chi connectivity index (χ1v) is 7.67. The molecule has 2 N–H and O–H groups in total. The third-order valence-corrected chi connectivity index (χ3v) is 3.04. The zero-order valence-electron chi connectivity index (χ0n) is 13.2. The van der Waals surface area contributed by atoms with E-state index in [2.05, 4.69) is 21.5 Å². The Balaban J connectivity index is 2.78. The first kappa shape index (κ1) is 17.7. The maximum Gasteiger partial charge on any atom is 0.225 e. The predicted molar refractivity (Wildman–Crippen MR) is 88.5 cm³/mol. The lowest BCUT2D eigenvalue weighted by molar-refractivity contribution is -0.117. The minimum absolute atomic E-state index is 0.105. The van der Waals surface area contributed by atoms with E-state index in [1.54, 1.807) is 12.1 Å². The number of aromatic nitrogens is 1. The topological polar surface area (TPSA) is 71.1 Å². The van der Waals surface area contributed by atoms with Gasteiger partial charge in [-0.2, -0.15) is 0 Å². The van der Waals surface area contributed by atoms with Crippen LogP contribution in [0.2, 0.25) is 0 Å². The van der Waals surface area contributed by atoms with Crippen molar-refractivity contribution in [3.63, 3.8) is 0 Å². The highest BCUT2D eigenvalue weighted by molar-refractivity contribution is 5.92. The van der Waals surface area contributed by atoms with Crippen molar-refractivity contribution in [1.29, 1.82) is 0 Å². The van der Waals surface area contributed by atoms with Crippen LogP contribution in [-0.2, 0) is 9.59 Å². The number of carbonyl (C=O) groups excluding carboxylic acids is 2. The molecule has 22 heavy (non-hydrogen) atoms. The highest BCUT2D eigenvalue weighted by Crippen LogP contribution is 2.15. The van der Waals surface area contributed by atoms with Crippen LogP contribution in [0.25, 0.3) is 0 Å². The van der Waals surface area contributed by atoms with Gasteiger partial charge in [0.25, 0.3) is 0 Å². The summed E-state index contributed by atoms with van der Waals surface area (Å²) in [6.07, 6.45) is 9.83. The molecule has 0 fully saturated rings. The molecule has 0 aliphatic carbocycles. The molecule has 0 unspecified atom stereocenters. The van der Waals surface area contributed by atoms with Crippen molar-refractivity contribution >= 4 is 23.5 Å². The van der Waals surface area contributed by atoms with Crippen LogP contribution in [-0.4, -0.2) is 16.8 Å². The van der Waals surface area contributed by atoms with Crippen LogP contribution in [0.1, 0.15) is 57.9 Å². The zero-order chi connectivity index (χ0) is 16.4. The maximum atomic E-state index is 11.8. The Labute approximate surface area is 131 Å². The molecular formula is C17H23N3O2. The lowest BCUT2D eigenvalue weighted by Crippen LogP contribution is -2.15. The molecule has 1 rings (SSSR count). The molecule has 0 spiro atoms. The van der Waals surface area contributed by atoms with Gasteiger partial charge in [-0.15, -0.1) is 6.42 Å². The van der Waals surface area contributed by atoms with E-state index in [4.69, 9.17) is 6.42 Å². The predicted octanol–water partition coefficient (Wildman–Crippen LogP) is 3.32. The van der Waals surface area contributed by atoms with Gasteiger partial charge in [-0.3, -0.25) is 9.59 Å². The summed E-state index contributed by atoms with van der Waals surface area (Å²) in [7, 11) is 0. The van der Waals surface area contributed by atoms with Crippen molar-refractivity contribution in [2.75, 3.05) is 10.6 Å². The van der Waals surface area contributed by atoms with Gasteiger partial charge in [-0.1, -0.05) is 32.6 Å². The van der Waals surface area contributed by atoms with Crippen LogP contribution in [0, 0.1) is 12.3 Å². The van der Waals surface area contributed by atoms with E-state index in [0.717, 1.165) is 25.7 Å². The van der Waals surface area contributed by atoms with Crippen LogP contribution >= 0.6 is 0 Å². The van der Waals surface area contributed by atoms with Crippen molar-refractivity contribution in [3.8, 4) is 12.3 Å². The normalized spacial score (nSPS) is 9.86.